The zero-order valence-electron chi connectivity index (χ0n) is 14.9. The van der Waals surface area contributed by atoms with E-state index in [2.05, 4.69) is 24.8 Å². The molecule has 25 heavy (non-hydrogen) atoms. The van der Waals surface area contributed by atoms with Gasteiger partial charge in [-0.3, -0.25) is 4.90 Å². The van der Waals surface area contributed by atoms with E-state index in [0.717, 1.165) is 30.4 Å². The summed E-state index contributed by atoms with van der Waals surface area (Å²) in [5.41, 5.74) is 0.145. The molecule has 0 amide bonds. The van der Waals surface area contributed by atoms with Crippen LogP contribution in [0.3, 0.4) is 0 Å². The van der Waals surface area contributed by atoms with Crippen molar-refractivity contribution in [1.82, 2.24) is 4.90 Å². The number of allylic oxidation sites excluding steroid dienone is 1. The summed E-state index contributed by atoms with van der Waals surface area (Å²) in [7, 11) is 0. The van der Waals surface area contributed by atoms with Crippen molar-refractivity contribution in [2.24, 2.45) is 0 Å². The van der Waals surface area contributed by atoms with Crippen molar-refractivity contribution in [3.63, 3.8) is 0 Å². The summed E-state index contributed by atoms with van der Waals surface area (Å²) in [5, 5.41) is 12.0. The smallest absolute Gasteiger partial charge is 0.348 e. The van der Waals surface area contributed by atoms with Gasteiger partial charge < -0.3 is 9.84 Å². The molecule has 0 spiro atoms. The molecule has 0 unspecified atom stereocenters. The standard InChI is InChI=1S/C21H25NO3/c1-16(2)9-12-22-13-10-21(11-14-22,20(23)24)25-19-8-7-17-5-3-4-6-18(17)15-19/h3-9,15H,10-14H2,1-2H3,(H,23,24). The maximum absolute atomic E-state index is 12.0. The fraction of sp³-hybridized carbons (Fsp3) is 0.381. The molecule has 3 rings (SSSR count). The monoisotopic (exact) mass is 339 g/mol. The number of fused-ring (bicyclic) bond motifs is 1. The van der Waals surface area contributed by atoms with Gasteiger partial charge in [-0.25, -0.2) is 4.79 Å². The summed E-state index contributed by atoms with van der Waals surface area (Å²) >= 11 is 0. The number of carbonyl (C=O) groups is 1. The maximum atomic E-state index is 12.0. The minimum absolute atomic E-state index is 0.492. The van der Waals surface area contributed by atoms with E-state index in [-0.39, 0.29) is 0 Å². The fourth-order valence-electron chi connectivity index (χ4n) is 3.22. The second-order valence-corrected chi connectivity index (χ2v) is 6.99. The van der Waals surface area contributed by atoms with Crippen LogP contribution in [0, 0.1) is 0 Å². The molecule has 1 aliphatic heterocycles. The van der Waals surface area contributed by atoms with Crippen LogP contribution in [0.1, 0.15) is 26.7 Å². The first-order valence-corrected chi connectivity index (χ1v) is 8.75. The molecule has 0 radical (unpaired) electrons. The van der Waals surface area contributed by atoms with E-state index >= 15 is 0 Å². The molecule has 4 nitrogen and oxygen atoms in total. The number of rotatable bonds is 5. The maximum Gasteiger partial charge on any atom is 0.348 e. The van der Waals surface area contributed by atoms with Crippen LogP contribution in [0.4, 0.5) is 0 Å². The lowest BCUT2D eigenvalue weighted by Crippen LogP contribution is -2.53. The van der Waals surface area contributed by atoms with Crippen LogP contribution in [-0.4, -0.2) is 41.2 Å². The normalized spacial score (nSPS) is 17.2. The van der Waals surface area contributed by atoms with Gasteiger partial charge in [-0.2, -0.15) is 0 Å². The summed E-state index contributed by atoms with van der Waals surface area (Å²) in [4.78, 5) is 14.2. The Morgan fingerprint density at radius 1 is 1.16 bits per heavy atom. The molecule has 2 aromatic rings. The van der Waals surface area contributed by atoms with Gasteiger partial charge in [-0.15, -0.1) is 0 Å². The van der Waals surface area contributed by atoms with Gasteiger partial charge in [0.2, 0.25) is 5.60 Å². The highest BCUT2D eigenvalue weighted by Crippen LogP contribution is 2.31. The van der Waals surface area contributed by atoms with Crippen LogP contribution in [-0.2, 0) is 4.79 Å². The number of likely N-dealkylation sites (tertiary alicyclic amines) is 1. The second-order valence-electron chi connectivity index (χ2n) is 6.99. The minimum Gasteiger partial charge on any atom is -0.478 e. The largest absolute Gasteiger partial charge is 0.478 e. The third-order valence-corrected chi connectivity index (χ3v) is 4.85. The van der Waals surface area contributed by atoms with Crippen LogP contribution in [0.5, 0.6) is 5.75 Å². The highest BCUT2D eigenvalue weighted by molar-refractivity contribution is 5.84. The highest BCUT2D eigenvalue weighted by Gasteiger charge is 2.43. The fourth-order valence-corrected chi connectivity index (χ4v) is 3.22. The van der Waals surface area contributed by atoms with Gasteiger partial charge in [0, 0.05) is 32.5 Å². The first kappa shape index (κ1) is 17.5. The van der Waals surface area contributed by atoms with Gasteiger partial charge >= 0.3 is 5.97 Å². The Balaban J connectivity index is 1.75. The molecule has 132 valence electrons. The van der Waals surface area contributed by atoms with Gasteiger partial charge in [0.15, 0.2) is 0 Å². The number of carboxylic acid groups (broad SMARTS) is 1. The van der Waals surface area contributed by atoms with Crippen LogP contribution < -0.4 is 4.74 Å². The molecule has 4 heteroatoms. The first-order chi connectivity index (χ1) is 12.0. The van der Waals surface area contributed by atoms with E-state index in [1.54, 1.807) is 0 Å². The Morgan fingerprint density at radius 3 is 2.48 bits per heavy atom. The average Bonchev–Trinajstić information content (AvgIpc) is 2.61. The minimum atomic E-state index is -1.13. The van der Waals surface area contributed by atoms with Gasteiger partial charge in [0.1, 0.15) is 5.75 Å². The number of nitrogens with zero attached hydrogens (tertiary/aromatic N) is 1. The zero-order chi connectivity index (χ0) is 17.9. The first-order valence-electron chi connectivity index (χ1n) is 8.75. The summed E-state index contributed by atoms with van der Waals surface area (Å²) in [6, 6.07) is 13.8. The van der Waals surface area contributed by atoms with Crippen LogP contribution >= 0.6 is 0 Å². The zero-order valence-corrected chi connectivity index (χ0v) is 14.9. The Morgan fingerprint density at radius 2 is 1.84 bits per heavy atom. The number of carboxylic acids is 1. The van der Waals surface area contributed by atoms with E-state index in [1.807, 2.05) is 42.5 Å². The van der Waals surface area contributed by atoms with Crippen molar-refractivity contribution in [1.29, 1.82) is 0 Å². The van der Waals surface area contributed by atoms with Crippen molar-refractivity contribution in [3.8, 4) is 5.75 Å². The molecule has 1 aliphatic rings. The van der Waals surface area contributed by atoms with E-state index < -0.39 is 11.6 Å². The quantitative estimate of drug-likeness (QED) is 0.833. The molecule has 1 N–H and O–H groups in total. The number of hydrogen-bond donors (Lipinski definition) is 1. The van der Waals surface area contributed by atoms with Crippen molar-refractivity contribution in [3.05, 3.63) is 54.1 Å². The Bertz CT molecular complexity index is 785. The molecule has 0 aliphatic carbocycles. The Labute approximate surface area is 148 Å². The molecule has 2 aromatic carbocycles. The van der Waals surface area contributed by atoms with Crippen molar-refractivity contribution >= 4 is 16.7 Å². The predicted octanol–water partition coefficient (Wildman–Crippen LogP) is 4.10. The Hall–Kier alpha value is -2.33. The number of ether oxygens (including phenoxy) is 1. The van der Waals surface area contributed by atoms with E-state index in [9.17, 15) is 9.90 Å². The van der Waals surface area contributed by atoms with Crippen molar-refractivity contribution < 1.29 is 14.6 Å². The van der Waals surface area contributed by atoms with Crippen LogP contribution in [0.15, 0.2) is 54.1 Å². The average molecular weight is 339 g/mol. The summed E-state index contributed by atoms with van der Waals surface area (Å²) in [5.74, 6) is -0.249. The topological polar surface area (TPSA) is 49.8 Å². The number of hydrogen-bond acceptors (Lipinski definition) is 3. The van der Waals surface area contributed by atoms with Crippen LogP contribution in [0.25, 0.3) is 10.8 Å². The molecule has 0 aromatic heterocycles. The summed E-state index contributed by atoms with van der Waals surface area (Å²) in [6.45, 7) is 6.48. The molecular formula is C21H25NO3. The van der Waals surface area contributed by atoms with E-state index in [4.69, 9.17) is 4.74 Å². The third-order valence-electron chi connectivity index (χ3n) is 4.85. The molecular weight excluding hydrogens is 314 g/mol. The van der Waals surface area contributed by atoms with Crippen LogP contribution in [0.2, 0.25) is 0 Å². The van der Waals surface area contributed by atoms with Crippen molar-refractivity contribution in [2.45, 2.75) is 32.3 Å². The molecule has 1 fully saturated rings. The van der Waals surface area contributed by atoms with Gasteiger partial charge in [-0.1, -0.05) is 42.0 Å². The SMILES string of the molecule is CC(C)=CCN1CCC(Oc2ccc3ccccc3c2)(C(=O)O)CC1. The van der Waals surface area contributed by atoms with E-state index in [1.165, 1.54) is 5.57 Å². The predicted molar refractivity (Wildman–Crippen MR) is 100 cm³/mol. The molecule has 1 saturated heterocycles. The Kier molecular flexibility index (Phi) is 5.09. The van der Waals surface area contributed by atoms with E-state index in [0.29, 0.717) is 18.6 Å². The third kappa shape index (κ3) is 4.02. The van der Waals surface area contributed by atoms with Gasteiger partial charge in [0.25, 0.3) is 0 Å². The highest BCUT2D eigenvalue weighted by atomic mass is 16.5. The molecule has 0 bridgehead atoms. The summed E-state index contributed by atoms with van der Waals surface area (Å²) in [6.07, 6.45) is 3.16. The van der Waals surface area contributed by atoms with Gasteiger partial charge in [-0.05, 0) is 36.8 Å². The van der Waals surface area contributed by atoms with Gasteiger partial charge in [0.05, 0.1) is 0 Å². The molecule has 1 heterocycles. The number of piperidine rings is 1. The lowest BCUT2D eigenvalue weighted by molar-refractivity contribution is -0.159. The summed E-state index contributed by atoms with van der Waals surface area (Å²) < 4.78 is 6.04. The molecule has 0 atom stereocenters. The number of benzene rings is 2. The lowest BCUT2D eigenvalue weighted by Gasteiger charge is -2.38. The molecule has 0 saturated carbocycles. The van der Waals surface area contributed by atoms with Crippen molar-refractivity contribution in [2.75, 3.05) is 19.6 Å². The second kappa shape index (κ2) is 7.28. The lowest BCUT2D eigenvalue weighted by atomic mass is 9.91. The number of aliphatic carboxylic acids is 1.